The van der Waals surface area contributed by atoms with Gasteiger partial charge in [0.15, 0.2) is 0 Å². The van der Waals surface area contributed by atoms with E-state index in [0.29, 0.717) is 0 Å². The van der Waals surface area contributed by atoms with Crippen LogP contribution in [0, 0.1) is 12.3 Å². The van der Waals surface area contributed by atoms with Gasteiger partial charge in [-0.2, -0.15) is 13.2 Å². The molecule has 0 aliphatic carbocycles. The molecule has 1 rings (SSSR count). The van der Waals surface area contributed by atoms with Gasteiger partial charge in [-0.1, -0.05) is 21.9 Å². The maximum atomic E-state index is 12.7. The Morgan fingerprint density at radius 1 is 1.50 bits per heavy atom. The molecule has 1 amide bonds. The third kappa shape index (κ3) is 4.46. The molecule has 1 unspecified atom stereocenters. The monoisotopic (exact) mass is 348 g/mol. The summed E-state index contributed by atoms with van der Waals surface area (Å²) in [7, 11) is 0. The standard InChI is InChI=1S/C13H12BrF3N2O/c1-3-6-18-12(20)8(2)19-9-4-5-11(14)10(7-9)13(15,16)17/h1,4-5,7-8,19H,6H2,2H3,(H,18,20). The van der Waals surface area contributed by atoms with Crippen LogP contribution in [0.2, 0.25) is 0 Å². The predicted molar refractivity (Wildman–Crippen MR) is 74.1 cm³/mol. The second-order valence-corrected chi connectivity index (χ2v) is 4.83. The fraction of sp³-hybridized carbons (Fsp3) is 0.308. The first kappa shape index (κ1) is 16.4. The lowest BCUT2D eigenvalue weighted by Gasteiger charge is -2.16. The third-order valence-corrected chi connectivity index (χ3v) is 3.10. The van der Waals surface area contributed by atoms with Gasteiger partial charge < -0.3 is 10.6 Å². The number of alkyl halides is 3. The minimum absolute atomic E-state index is 0.0556. The summed E-state index contributed by atoms with van der Waals surface area (Å²) < 4.78 is 38.1. The number of nitrogens with one attached hydrogen (secondary N) is 2. The largest absolute Gasteiger partial charge is 0.417 e. The van der Waals surface area contributed by atoms with Crippen molar-refractivity contribution in [1.82, 2.24) is 5.32 Å². The molecule has 2 N–H and O–H groups in total. The van der Waals surface area contributed by atoms with Crippen molar-refractivity contribution in [2.24, 2.45) is 0 Å². The number of carbonyl (C=O) groups excluding carboxylic acids is 1. The number of amides is 1. The van der Waals surface area contributed by atoms with Gasteiger partial charge in [-0.05, 0) is 25.1 Å². The molecular formula is C13H12BrF3N2O. The first-order valence-electron chi connectivity index (χ1n) is 5.60. The summed E-state index contributed by atoms with van der Waals surface area (Å²) in [5.41, 5.74) is -0.609. The van der Waals surface area contributed by atoms with Gasteiger partial charge in [-0.25, -0.2) is 0 Å². The molecule has 20 heavy (non-hydrogen) atoms. The maximum Gasteiger partial charge on any atom is 0.417 e. The summed E-state index contributed by atoms with van der Waals surface area (Å²) in [6.07, 6.45) is 0.532. The van der Waals surface area contributed by atoms with E-state index in [1.165, 1.54) is 19.1 Å². The third-order valence-electron chi connectivity index (χ3n) is 2.41. The summed E-state index contributed by atoms with van der Waals surface area (Å²) in [5.74, 6) is 1.85. The van der Waals surface area contributed by atoms with Crippen LogP contribution in [0.5, 0.6) is 0 Å². The molecule has 0 aromatic heterocycles. The number of benzene rings is 1. The van der Waals surface area contributed by atoms with E-state index in [1.807, 2.05) is 0 Å². The second-order valence-electron chi connectivity index (χ2n) is 3.98. The van der Waals surface area contributed by atoms with E-state index in [1.54, 1.807) is 0 Å². The molecule has 1 aromatic carbocycles. The molecule has 108 valence electrons. The van der Waals surface area contributed by atoms with Crippen molar-refractivity contribution in [1.29, 1.82) is 0 Å². The van der Waals surface area contributed by atoms with Crippen molar-refractivity contribution in [3.05, 3.63) is 28.2 Å². The van der Waals surface area contributed by atoms with Crippen LogP contribution in [0.4, 0.5) is 18.9 Å². The summed E-state index contributed by atoms with van der Waals surface area (Å²) in [4.78, 5) is 11.6. The van der Waals surface area contributed by atoms with Gasteiger partial charge >= 0.3 is 6.18 Å². The number of rotatable bonds is 4. The summed E-state index contributed by atoms with van der Waals surface area (Å²) in [5, 5.41) is 5.13. The first-order chi connectivity index (χ1) is 9.25. The Morgan fingerprint density at radius 3 is 2.70 bits per heavy atom. The zero-order valence-electron chi connectivity index (χ0n) is 10.5. The van der Waals surface area contributed by atoms with Crippen molar-refractivity contribution < 1.29 is 18.0 Å². The van der Waals surface area contributed by atoms with Gasteiger partial charge in [0.2, 0.25) is 5.91 Å². The van der Waals surface area contributed by atoms with Crippen LogP contribution in [0.1, 0.15) is 12.5 Å². The smallest absolute Gasteiger partial charge is 0.374 e. The number of carbonyl (C=O) groups is 1. The van der Waals surface area contributed by atoms with Crippen LogP contribution < -0.4 is 10.6 Å². The SMILES string of the molecule is C#CCNC(=O)C(C)Nc1ccc(Br)c(C(F)(F)F)c1. The molecule has 0 heterocycles. The van der Waals surface area contributed by atoms with Crippen LogP contribution in [-0.2, 0) is 11.0 Å². The van der Waals surface area contributed by atoms with Crippen molar-refractivity contribution in [2.75, 3.05) is 11.9 Å². The molecule has 0 saturated carbocycles. The van der Waals surface area contributed by atoms with Crippen molar-refractivity contribution >= 4 is 27.5 Å². The molecule has 1 aromatic rings. The molecule has 0 aliphatic rings. The number of hydrogen-bond acceptors (Lipinski definition) is 2. The molecule has 1 atom stereocenters. The van der Waals surface area contributed by atoms with Crippen LogP contribution in [0.15, 0.2) is 22.7 Å². The van der Waals surface area contributed by atoms with Gasteiger partial charge in [-0.3, -0.25) is 4.79 Å². The highest BCUT2D eigenvalue weighted by atomic mass is 79.9. The summed E-state index contributed by atoms with van der Waals surface area (Å²) >= 11 is 2.85. The maximum absolute atomic E-state index is 12.7. The topological polar surface area (TPSA) is 41.1 Å². The fourth-order valence-corrected chi connectivity index (χ4v) is 1.91. The van der Waals surface area contributed by atoms with Crippen molar-refractivity contribution in [3.63, 3.8) is 0 Å². The van der Waals surface area contributed by atoms with Gasteiger partial charge in [0, 0.05) is 10.2 Å². The van der Waals surface area contributed by atoms with E-state index >= 15 is 0 Å². The number of terminal acetylenes is 1. The van der Waals surface area contributed by atoms with Crippen LogP contribution in [0.25, 0.3) is 0 Å². The van der Waals surface area contributed by atoms with Crippen LogP contribution in [0.3, 0.4) is 0 Å². The highest BCUT2D eigenvalue weighted by Gasteiger charge is 2.33. The van der Waals surface area contributed by atoms with Crippen LogP contribution >= 0.6 is 15.9 Å². The number of anilines is 1. The lowest BCUT2D eigenvalue weighted by molar-refractivity contribution is -0.138. The van der Waals surface area contributed by atoms with Gasteiger partial charge in [0.1, 0.15) is 6.04 Å². The van der Waals surface area contributed by atoms with Gasteiger partial charge in [0.25, 0.3) is 0 Å². The Kier molecular flexibility index (Phi) is 5.45. The molecule has 0 aliphatic heterocycles. The molecular weight excluding hydrogens is 337 g/mol. The molecule has 0 bridgehead atoms. The molecule has 3 nitrogen and oxygen atoms in total. The van der Waals surface area contributed by atoms with E-state index in [9.17, 15) is 18.0 Å². The summed E-state index contributed by atoms with van der Waals surface area (Å²) in [6.45, 7) is 1.60. The van der Waals surface area contributed by atoms with E-state index < -0.39 is 17.8 Å². The number of hydrogen-bond donors (Lipinski definition) is 2. The Morgan fingerprint density at radius 2 is 2.15 bits per heavy atom. The van der Waals surface area contributed by atoms with Gasteiger partial charge in [0.05, 0.1) is 12.1 Å². The zero-order valence-corrected chi connectivity index (χ0v) is 12.1. The fourth-order valence-electron chi connectivity index (χ4n) is 1.44. The average molecular weight is 349 g/mol. The van der Waals surface area contributed by atoms with E-state index in [0.717, 1.165) is 6.07 Å². The second kappa shape index (κ2) is 6.66. The Bertz CT molecular complexity index is 537. The van der Waals surface area contributed by atoms with E-state index in [4.69, 9.17) is 6.42 Å². The highest BCUT2D eigenvalue weighted by Crippen LogP contribution is 2.36. The quantitative estimate of drug-likeness (QED) is 0.821. The lowest BCUT2D eigenvalue weighted by atomic mass is 10.2. The first-order valence-corrected chi connectivity index (χ1v) is 6.39. The molecule has 0 spiro atoms. The predicted octanol–water partition coefficient (Wildman–Crippen LogP) is 3.02. The highest BCUT2D eigenvalue weighted by molar-refractivity contribution is 9.10. The Labute approximate surface area is 123 Å². The minimum Gasteiger partial charge on any atom is -0.374 e. The Balaban J connectivity index is 2.84. The normalized spacial score (nSPS) is 12.4. The minimum atomic E-state index is -4.47. The molecule has 7 heteroatoms. The van der Waals surface area contributed by atoms with Crippen molar-refractivity contribution in [2.45, 2.75) is 19.1 Å². The molecule has 0 fully saturated rings. The van der Waals surface area contributed by atoms with Crippen LogP contribution in [-0.4, -0.2) is 18.5 Å². The lowest BCUT2D eigenvalue weighted by Crippen LogP contribution is -2.37. The average Bonchev–Trinajstić information content (AvgIpc) is 2.36. The van der Waals surface area contributed by atoms with Gasteiger partial charge in [-0.15, -0.1) is 6.42 Å². The summed E-state index contributed by atoms with van der Waals surface area (Å²) in [6, 6.07) is 2.96. The van der Waals surface area contributed by atoms with E-state index in [2.05, 4.69) is 32.5 Å². The Hall–Kier alpha value is -1.68. The molecule has 0 radical (unpaired) electrons. The van der Waals surface area contributed by atoms with Crippen molar-refractivity contribution in [3.8, 4) is 12.3 Å². The zero-order chi connectivity index (χ0) is 15.3. The molecule has 0 saturated heterocycles. The number of halogens is 4. The van der Waals surface area contributed by atoms with E-state index in [-0.39, 0.29) is 22.6 Å².